The highest BCUT2D eigenvalue weighted by Gasteiger charge is 2.27. The molecule has 1 aromatic rings. The van der Waals surface area contributed by atoms with E-state index in [4.69, 9.17) is 5.11 Å². The van der Waals surface area contributed by atoms with Gasteiger partial charge < -0.3 is 20.4 Å². The maximum absolute atomic E-state index is 12.4. The second kappa shape index (κ2) is 9.47. The van der Waals surface area contributed by atoms with Gasteiger partial charge in [0.25, 0.3) is 0 Å². The van der Waals surface area contributed by atoms with E-state index in [0.717, 1.165) is 24.8 Å². The molecule has 1 aliphatic carbocycles. The molecule has 4 N–H and O–H groups in total. The van der Waals surface area contributed by atoms with Gasteiger partial charge in [0.15, 0.2) is 0 Å². The van der Waals surface area contributed by atoms with Crippen molar-refractivity contribution in [3.8, 4) is 0 Å². The fraction of sp³-hybridized carbons (Fsp3) is 0.526. The molecule has 0 heterocycles. The van der Waals surface area contributed by atoms with E-state index in [1.54, 1.807) is 12.1 Å². The van der Waals surface area contributed by atoms with E-state index >= 15 is 0 Å². The van der Waals surface area contributed by atoms with Gasteiger partial charge in [0.2, 0.25) is 7.37 Å². The van der Waals surface area contributed by atoms with Gasteiger partial charge in [0, 0.05) is 18.7 Å². The van der Waals surface area contributed by atoms with Gasteiger partial charge in [-0.3, -0.25) is 4.57 Å². The van der Waals surface area contributed by atoms with Crippen molar-refractivity contribution in [3.63, 3.8) is 0 Å². The zero-order valence-corrected chi connectivity index (χ0v) is 15.9. The highest BCUT2D eigenvalue weighted by Crippen LogP contribution is 2.45. The first-order valence-electron chi connectivity index (χ1n) is 8.97. The van der Waals surface area contributed by atoms with Crippen LogP contribution in [0, 0.1) is 5.92 Å². The van der Waals surface area contributed by atoms with Gasteiger partial charge >= 0.3 is 5.97 Å². The molecule has 26 heavy (non-hydrogen) atoms. The number of nitrogens with one attached hydrogen (secondary N) is 1. The first-order valence-corrected chi connectivity index (χ1v) is 11.0. The minimum atomic E-state index is -3.37. The molecule has 6 nitrogen and oxygen atoms in total. The Bertz CT molecular complexity index is 690. The summed E-state index contributed by atoms with van der Waals surface area (Å²) < 4.78 is 12.4. The van der Waals surface area contributed by atoms with Crippen LogP contribution in [0.5, 0.6) is 0 Å². The van der Waals surface area contributed by atoms with Crippen LogP contribution in [0.4, 0.5) is 0 Å². The summed E-state index contributed by atoms with van der Waals surface area (Å²) in [6.45, 7) is 2.04. The summed E-state index contributed by atoms with van der Waals surface area (Å²) in [6.07, 6.45) is 6.06. The number of aliphatic hydroxyl groups is 1. The SMILES string of the molecule is C[C@@H](NC[C@H](O)CP(=O)(O)CC1CC=CCC1)c1cccc(C(=O)O)c1. The average Bonchev–Trinajstić information content (AvgIpc) is 2.59. The number of hydrogen-bond acceptors (Lipinski definition) is 4. The van der Waals surface area contributed by atoms with Gasteiger partial charge in [0.1, 0.15) is 0 Å². The zero-order valence-electron chi connectivity index (χ0n) is 15.0. The molecule has 0 bridgehead atoms. The predicted octanol–water partition coefficient (Wildman–Crippen LogP) is 3.02. The fourth-order valence-corrected chi connectivity index (χ4v) is 5.34. The molecule has 0 aliphatic heterocycles. The number of carbonyl (C=O) groups is 1. The number of rotatable bonds is 9. The summed E-state index contributed by atoms with van der Waals surface area (Å²) in [5, 5.41) is 22.3. The van der Waals surface area contributed by atoms with Crippen LogP contribution >= 0.6 is 7.37 Å². The summed E-state index contributed by atoms with van der Waals surface area (Å²) in [7, 11) is -3.37. The third-order valence-electron chi connectivity index (χ3n) is 4.71. The van der Waals surface area contributed by atoms with Crippen LogP contribution < -0.4 is 5.32 Å². The molecule has 7 heteroatoms. The van der Waals surface area contributed by atoms with E-state index in [-0.39, 0.29) is 36.4 Å². The van der Waals surface area contributed by atoms with Crippen molar-refractivity contribution in [2.75, 3.05) is 18.9 Å². The van der Waals surface area contributed by atoms with Crippen LogP contribution in [0.2, 0.25) is 0 Å². The second-order valence-corrected chi connectivity index (χ2v) is 9.50. The lowest BCUT2D eigenvalue weighted by molar-refractivity contribution is 0.0696. The molecule has 0 saturated carbocycles. The van der Waals surface area contributed by atoms with Crippen molar-refractivity contribution in [1.29, 1.82) is 0 Å². The summed E-state index contributed by atoms with van der Waals surface area (Å²) in [5.74, 6) is -0.772. The van der Waals surface area contributed by atoms with E-state index in [1.165, 1.54) is 6.07 Å². The third kappa shape index (κ3) is 6.69. The van der Waals surface area contributed by atoms with E-state index < -0.39 is 19.4 Å². The molecular weight excluding hydrogens is 353 g/mol. The third-order valence-corrected chi connectivity index (χ3v) is 6.79. The first-order chi connectivity index (χ1) is 12.3. The topological polar surface area (TPSA) is 107 Å². The Morgan fingerprint density at radius 1 is 1.38 bits per heavy atom. The number of hydrogen-bond donors (Lipinski definition) is 4. The van der Waals surface area contributed by atoms with E-state index in [1.807, 2.05) is 13.0 Å². The lowest BCUT2D eigenvalue weighted by Gasteiger charge is -2.23. The maximum Gasteiger partial charge on any atom is 0.335 e. The number of benzene rings is 1. The molecule has 0 amide bonds. The minimum absolute atomic E-state index is 0.123. The molecule has 0 radical (unpaired) electrons. The Kier molecular flexibility index (Phi) is 7.59. The smallest absolute Gasteiger partial charge is 0.335 e. The monoisotopic (exact) mass is 381 g/mol. The van der Waals surface area contributed by atoms with Crippen LogP contribution in [0.1, 0.15) is 48.1 Å². The Labute approximate surface area is 154 Å². The van der Waals surface area contributed by atoms with Gasteiger partial charge in [0.05, 0.1) is 17.8 Å². The van der Waals surface area contributed by atoms with Crippen molar-refractivity contribution < 1.29 is 24.5 Å². The molecule has 0 spiro atoms. The summed E-state index contributed by atoms with van der Waals surface area (Å²) in [6, 6.07) is 6.42. The quantitative estimate of drug-likeness (QED) is 0.387. The van der Waals surface area contributed by atoms with Gasteiger partial charge in [-0.2, -0.15) is 0 Å². The van der Waals surface area contributed by atoms with Crippen molar-refractivity contribution in [1.82, 2.24) is 5.32 Å². The second-order valence-electron chi connectivity index (χ2n) is 7.08. The lowest BCUT2D eigenvalue weighted by Crippen LogP contribution is -2.32. The fourth-order valence-electron chi connectivity index (χ4n) is 3.27. The number of carboxylic acid groups (broad SMARTS) is 1. The van der Waals surface area contributed by atoms with Crippen LogP contribution in [-0.4, -0.2) is 46.0 Å². The van der Waals surface area contributed by atoms with E-state index in [9.17, 15) is 19.4 Å². The van der Waals surface area contributed by atoms with Crippen molar-refractivity contribution in [2.24, 2.45) is 5.92 Å². The lowest BCUT2D eigenvalue weighted by atomic mass is 9.96. The van der Waals surface area contributed by atoms with Crippen molar-refractivity contribution in [3.05, 3.63) is 47.5 Å². The average molecular weight is 381 g/mol. The molecule has 2 unspecified atom stereocenters. The molecular formula is C19H28NO5P. The largest absolute Gasteiger partial charge is 0.478 e. The molecule has 144 valence electrons. The van der Waals surface area contributed by atoms with Gasteiger partial charge in [-0.05, 0) is 49.8 Å². The number of aromatic carboxylic acids is 1. The first kappa shape index (κ1) is 20.8. The number of carboxylic acids is 1. The number of aliphatic hydroxyl groups excluding tert-OH is 1. The molecule has 2 rings (SSSR count). The van der Waals surface area contributed by atoms with Gasteiger partial charge in [-0.25, -0.2) is 4.79 Å². The highest BCUT2D eigenvalue weighted by atomic mass is 31.2. The Morgan fingerprint density at radius 2 is 2.15 bits per heavy atom. The number of allylic oxidation sites excluding steroid dienone is 2. The van der Waals surface area contributed by atoms with E-state index in [0.29, 0.717) is 0 Å². The zero-order chi connectivity index (χ0) is 19.2. The van der Waals surface area contributed by atoms with Crippen LogP contribution in [0.25, 0.3) is 0 Å². The van der Waals surface area contributed by atoms with Crippen molar-refractivity contribution >= 4 is 13.3 Å². The Hall–Kier alpha value is -1.46. The predicted molar refractivity (Wildman–Crippen MR) is 102 cm³/mol. The Balaban J connectivity index is 1.82. The normalized spacial score (nSPS) is 21.7. The standard InChI is InChI=1S/C19H28NO5P/c1-14(16-8-5-9-17(10-16)19(22)23)20-11-18(21)13-26(24,25)12-15-6-3-2-4-7-15/h2-3,5,8-10,14-15,18,20-21H,4,6-7,11-13H2,1H3,(H,22,23)(H,24,25)/t14-,15?,18+/m1/s1. The maximum atomic E-state index is 12.4. The van der Waals surface area contributed by atoms with Gasteiger partial charge in [-0.15, -0.1) is 0 Å². The summed E-state index contributed by atoms with van der Waals surface area (Å²) in [5.41, 5.74) is 0.997. The van der Waals surface area contributed by atoms with Gasteiger partial charge in [-0.1, -0.05) is 24.3 Å². The van der Waals surface area contributed by atoms with E-state index in [2.05, 4.69) is 17.5 Å². The summed E-state index contributed by atoms with van der Waals surface area (Å²) in [4.78, 5) is 21.2. The molecule has 1 aliphatic rings. The highest BCUT2D eigenvalue weighted by molar-refractivity contribution is 7.58. The van der Waals surface area contributed by atoms with Crippen molar-refractivity contribution in [2.45, 2.75) is 38.3 Å². The molecule has 0 saturated heterocycles. The van der Waals surface area contributed by atoms with Crippen LogP contribution in [0.3, 0.4) is 0 Å². The Morgan fingerprint density at radius 3 is 2.81 bits per heavy atom. The molecule has 0 fully saturated rings. The summed E-state index contributed by atoms with van der Waals surface area (Å²) >= 11 is 0. The van der Waals surface area contributed by atoms with Crippen LogP contribution in [-0.2, 0) is 4.57 Å². The molecule has 0 aromatic heterocycles. The molecule has 1 aromatic carbocycles. The minimum Gasteiger partial charge on any atom is -0.478 e. The molecule has 4 atom stereocenters. The van der Waals surface area contributed by atoms with Crippen LogP contribution in [0.15, 0.2) is 36.4 Å².